The van der Waals surface area contributed by atoms with Gasteiger partial charge in [0.15, 0.2) is 17.1 Å². The third-order valence-corrected chi connectivity index (χ3v) is 6.32. The van der Waals surface area contributed by atoms with Crippen molar-refractivity contribution >= 4 is 11.6 Å². The number of carbonyl (C=O) groups is 1. The van der Waals surface area contributed by atoms with Crippen molar-refractivity contribution in [1.82, 2.24) is 19.5 Å². The summed E-state index contributed by atoms with van der Waals surface area (Å²) in [6, 6.07) is 29.3. The van der Waals surface area contributed by atoms with Crippen LogP contribution in [0.15, 0.2) is 91.0 Å². The van der Waals surface area contributed by atoms with E-state index in [9.17, 15) is 4.79 Å². The zero-order valence-corrected chi connectivity index (χ0v) is 21.1. The molecule has 0 aliphatic rings. The summed E-state index contributed by atoms with van der Waals surface area (Å²) in [6.45, 7) is 0.519. The second-order valence-corrected chi connectivity index (χ2v) is 8.72. The minimum atomic E-state index is -0.132. The predicted molar refractivity (Wildman–Crippen MR) is 144 cm³/mol. The van der Waals surface area contributed by atoms with Gasteiger partial charge >= 0.3 is 0 Å². The summed E-state index contributed by atoms with van der Waals surface area (Å²) < 4.78 is 12.4. The van der Waals surface area contributed by atoms with E-state index in [2.05, 4.69) is 0 Å². The van der Waals surface area contributed by atoms with Crippen molar-refractivity contribution in [3.63, 3.8) is 0 Å². The van der Waals surface area contributed by atoms with E-state index < -0.39 is 0 Å². The average Bonchev–Trinajstić information content (AvgIpc) is 3.40. The third-order valence-electron chi connectivity index (χ3n) is 6.32. The molecule has 5 aromatic rings. The summed E-state index contributed by atoms with van der Waals surface area (Å²) >= 11 is 0. The average molecular weight is 493 g/mol. The van der Waals surface area contributed by atoms with E-state index >= 15 is 0 Å². The molecule has 0 bridgehead atoms. The van der Waals surface area contributed by atoms with Gasteiger partial charge in [0.1, 0.15) is 5.69 Å². The topological polar surface area (TPSA) is 69.0 Å². The standard InChI is InChI=1S/C30H28N4O3/c1-33(17-16-21-14-15-27(36-2)28(18-21)37-3)30(35)26-19-24(22-10-6-4-7-11-22)31-29-20-25(32-34(26)29)23-12-8-5-9-13-23/h4-15,18-20H,16-17H2,1-3H3. The summed E-state index contributed by atoms with van der Waals surface area (Å²) in [7, 11) is 5.03. The molecular weight excluding hydrogens is 464 g/mol. The van der Waals surface area contributed by atoms with Crippen molar-refractivity contribution in [2.24, 2.45) is 0 Å². The van der Waals surface area contributed by atoms with Gasteiger partial charge in [-0.05, 0) is 30.2 Å². The van der Waals surface area contributed by atoms with Gasteiger partial charge in [0, 0.05) is 30.8 Å². The number of likely N-dealkylation sites (N-methyl/N-ethyl adjacent to an activating group) is 1. The van der Waals surface area contributed by atoms with Crippen LogP contribution in [-0.4, -0.2) is 53.2 Å². The molecule has 0 radical (unpaired) electrons. The number of aromatic nitrogens is 3. The number of ether oxygens (including phenoxy) is 2. The van der Waals surface area contributed by atoms with E-state index in [-0.39, 0.29) is 5.91 Å². The lowest BCUT2D eigenvalue weighted by Crippen LogP contribution is -2.30. The van der Waals surface area contributed by atoms with E-state index in [0.717, 1.165) is 28.1 Å². The van der Waals surface area contributed by atoms with Gasteiger partial charge in [-0.25, -0.2) is 9.50 Å². The monoisotopic (exact) mass is 492 g/mol. The SMILES string of the molecule is COc1ccc(CCN(C)C(=O)c2cc(-c3ccccc3)nc3cc(-c4ccccc4)nn23)cc1OC. The predicted octanol–water partition coefficient (Wildman–Crippen LogP) is 5.40. The number of methoxy groups -OCH3 is 2. The van der Waals surface area contributed by atoms with Gasteiger partial charge in [0.25, 0.3) is 5.91 Å². The van der Waals surface area contributed by atoms with Crippen LogP contribution in [0.2, 0.25) is 0 Å². The first kappa shape index (κ1) is 24.1. The Morgan fingerprint density at radius 3 is 2.11 bits per heavy atom. The van der Waals surface area contributed by atoms with E-state index in [1.165, 1.54) is 0 Å². The zero-order valence-electron chi connectivity index (χ0n) is 21.1. The Kier molecular flexibility index (Phi) is 6.85. The van der Waals surface area contributed by atoms with Crippen molar-refractivity contribution in [2.45, 2.75) is 6.42 Å². The van der Waals surface area contributed by atoms with Gasteiger partial charge < -0.3 is 14.4 Å². The van der Waals surface area contributed by atoms with Crippen molar-refractivity contribution in [3.8, 4) is 34.0 Å². The summed E-state index contributed by atoms with van der Waals surface area (Å²) in [4.78, 5) is 20.3. The summed E-state index contributed by atoms with van der Waals surface area (Å²) in [5, 5.41) is 4.76. The number of amides is 1. The maximum absolute atomic E-state index is 13.7. The van der Waals surface area contributed by atoms with Crippen LogP contribution in [0.3, 0.4) is 0 Å². The number of hydrogen-bond donors (Lipinski definition) is 0. The van der Waals surface area contributed by atoms with E-state index in [0.29, 0.717) is 35.8 Å². The molecule has 186 valence electrons. The molecule has 37 heavy (non-hydrogen) atoms. The Balaban J connectivity index is 1.48. The number of hydrogen-bond acceptors (Lipinski definition) is 5. The Labute approximate surface area is 215 Å². The van der Waals surface area contributed by atoms with Gasteiger partial charge in [-0.15, -0.1) is 0 Å². The van der Waals surface area contributed by atoms with Crippen LogP contribution in [0.5, 0.6) is 11.5 Å². The van der Waals surface area contributed by atoms with Crippen LogP contribution < -0.4 is 9.47 Å². The van der Waals surface area contributed by atoms with E-state index in [1.807, 2.05) is 91.0 Å². The molecule has 0 saturated carbocycles. The molecule has 0 unspecified atom stereocenters. The fourth-order valence-electron chi connectivity index (χ4n) is 4.26. The molecule has 0 fully saturated rings. The second-order valence-electron chi connectivity index (χ2n) is 8.72. The molecule has 0 atom stereocenters. The molecule has 0 aliphatic carbocycles. The summed E-state index contributed by atoms with van der Waals surface area (Å²) in [5.41, 5.74) is 5.53. The molecular formula is C30H28N4O3. The van der Waals surface area contributed by atoms with Gasteiger partial charge in [-0.2, -0.15) is 5.10 Å². The Morgan fingerprint density at radius 1 is 0.811 bits per heavy atom. The smallest absolute Gasteiger partial charge is 0.272 e. The quantitative estimate of drug-likeness (QED) is 0.290. The highest BCUT2D eigenvalue weighted by Gasteiger charge is 2.20. The highest BCUT2D eigenvalue weighted by molar-refractivity contribution is 5.94. The normalized spacial score (nSPS) is 10.9. The number of nitrogens with zero attached hydrogens (tertiary/aromatic N) is 4. The Morgan fingerprint density at radius 2 is 1.46 bits per heavy atom. The Bertz CT molecular complexity index is 1530. The van der Waals surface area contributed by atoms with Crippen molar-refractivity contribution in [2.75, 3.05) is 27.8 Å². The van der Waals surface area contributed by atoms with Crippen LogP contribution in [0.25, 0.3) is 28.2 Å². The van der Waals surface area contributed by atoms with Gasteiger partial charge in [-0.3, -0.25) is 4.79 Å². The van der Waals surface area contributed by atoms with Crippen LogP contribution in [-0.2, 0) is 6.42 Å². The van der Waals surface area contributed by atoms with Crippen LogP contribution in [0, 0.1) is 0 Å². The number of fused-ring (bicyclic) bond motifs is 1. The van der Waals surface area contributed by atoms with E-state index in [1.54, 1.807) is 30.7 Å². The third kappa shape index (κ3) is 5.02. The lowest BCUT2D eigenvalue weighted by atomic mass is 10.1. The van der Waals surface area contributed by atoms with Gasteiger partial charge in [0.2, 0.25) is 0 Å². The first-order valence-corrected chi connectivity index (χ1v) is 12.1. The van der Waals surface area contributed by atoms with Crippen LogP contribution in [0.1, 0.15) is 16.1 Å². The zero-order chi connectivity index (χ0) is 25.8. The molecule has 3 aromatic carbocycles. The molecule has 1 amide bonds. The molecule has 0 N–H and O–H groups in total. The number of rotatable bonds is 8. The van der Waals surface area contributed by atoms with Crippen molar-refractivity contribution < 1.29 is 14.3 Å². The fraction of sp³-hybridized carbons (Fsp3) is 0.167. The molecule has 2 aromatic heterocycles. The summed E-state index contributed by atoms with van der Waals surface area (Å²) in [6.07, 6.45) is 0.663. The van der Waals surface area contributed by atoms with Crippen LogP contribution >= 0.6 is 0 Å². The lowest BCUT2D eigenvalue weighted by molar-refractivity contribution is 0.0788. The van der Waals surface area contributed by atoms with Crippen molar-refractivity contribution in [3.05, 3.63) is 102 Å². The first-order chi connectivity index (χ1) is 18.1. The maximum atomic E-state index is 13.7. The molecule has 0 saturated heterocycles. The van der Waals surface area contributed by atoms with Gasteiger partial charge in [0.05, 0.1) is 25.6 Å². The van der Waals surface area contributed by atoms with E-state index in [4.69, 9.17) is 19.6 Å². The first-order valence-electron chi connectivity index (χ1n) is 12.1. The molecule has 0 spiro atoms. The lowest BCUT2D eigenvalue weighted by Gasteiger charge is -2.18. The van der Waals surface area contributed by atoms with Gasteiger partial charge in [-0.1, -0.05) is 66.7 Å². The molecule has 7 nitrogen and oxygen atoms in total. The minimum Gasteiger partial charge on any atom is -0.493 e. The fourth-order valence-corrected chi connectivity index (χ4v) is 4.26. The number of benzene rings is 3. The van der Waals surface area contributed by atoms with Crippen molar-refractivity contribution in [1.29, 1.82) is 0 Å². The molecule has 5 rings (SSSR count). The second kappa shape index (κ2) is 10.5. The summed E-state index contributed by atoms with van der Waals surface area (Å²) in [5.74, 6) is 1.21. The maximum Gasteiger partial charge on any atom is 0.272 e. The Hall–Kier alpha value is -4.65. The molecule has 7 heteroatoms. The molecule has 2 heterocycles. The minimum absolute atomic E-state index is 0.132. The largest absolute Gasteiger partial charge is 0.493 e. The highest BCUT2D eigenvalue weighted by Crippen LogP contribution is 2.28. The number of carbonyl (C=O) groups excluding carboxylic acids is 1. The van der Waals surface area contributed by atoms with Crippen LogP contribution in [0.4, 0.5) is 0 Å². The molecule has 0 aliphatic heterocycles. The highest BCUT2D eigenvalue weighted by atomic mass is 16.5.